The normalized spacial score (nSPS) is 18.6. The summed E-state index contributed by atoms with van der Waals surface area (Å²) in [4.78, 5) is 24.6. The van der Waals surface area contributed by atoms with E-state index in [2.05, 4.69) is 15.4 Å². The van der Waals surface area contributed by atoms with E-state index < -0.39 is 0 Å². The highest BCUT2D eigenvalue weighted by Gasteiger charge is 2.16. The fourth-order valence-electron chi connectivity index (χ4n) is 2.22. The number of likely N-dealkylation sites (N-methyl/N-ethyl adjacent to an activating group) is 1. The molecule has 0 radical (unpaired) electrons. The minimum atomic E-state index is -0.237. The van der Waals surface area contributed by atoms with E-state index in [4.69, 9.17) is 0 Å². The number of nitrogens with one attached hydrogen (secondary N) is 2. The lowest BCUT2D eigenvalue weighted by molar-refractivity contribution is -0.140. The van der Waals surface area contributed by atoms with Gasteiger partial charge in [0.25, 0.3) is 0 Å². The van der Waals surface area contributed by atoms with Crippen LogP contribution in [0.25, 0.3) is 0 Å². The first-order valence-electron chi connectivity index (χ1n) is 6.87. The second-order valence-electron chi connectivity index (χ2n) is 5.02. The smallest absolute Gasteiger partial charge is 0.305 e. The molecule has 0 aromatic heterocycles. The Hall–Kier alpha value is -1.14. The van der Waals surface area contributed by atoms with Crippen molar-refractivity contribution in [2.45, 2.75) is 31.7 Å². The second kappa shape index (κ2) is 8.87. The predicted molar refractivity (Wildman–Crippen MR) is 72.8 cm³/mol. The predicted octanol–water partition coefficient (Wildman–Crippen LogP) is -0.260. The molecule has 2 N–H and O–H groups in total. The average molecular weight is 271 g/mol. The van der Waals surface area contributed by atoms with Gasteiger partial charge in [-0.3, -0.25) is 14.5 Å². The van der Waals surface area contributed by atoms with Gasteiger partial charge in [-0.15, -0.1) is 0 Å². The van der Waals surface area contributed by atoms with Gasteiger partial charge in [-0.1, -0.05) is 0 Å². The highest BCUT2D eigenvalue weighted by molar-refractivity contribution is 5.78. The Labute approximate surface area is 114 Å². The molecule has 1 amide bonds. The molecule has 0 aliphatic carbocycles. The molecule has 0 aromatic rings. The number of carbonyl (C=O) groups excluding carboxylic acids is 2. The number of ether oxygens (including phenoxy) is 1. The summed E-state index contributed by atoms with van der Waals surface area (Å²) in [6.45, 7) is 2.90. The minimum Gasteiger partial charge on any atom is -0.469 e. The van der Waals surface area contributed by atoms with Gasteiger partial charge in [0.1, 0.15) is 0 Å². The Balaban J connectivity index is 2.04. The van der Waals surface area contributed by atoms with Crippen LogP contribution in [0.3, 0.4) is 0 Å². The van der Waals surface area contributed by atoms with Crippen molar-refractivity contribution in [3.8, 4) is 0 Å². The molecule has 1 saturated heterocycles. The van der Waals surface area contributed by atoms with Crippen molar-refractivity contribution in [2.75, 3.05) is 40.3 Å². The minimum absolute atomic E-state index is 0.00497. The Kier molecular flexibility index (Phi) is 7.43. The molecule has 1 heterocycles. The first-order valence-corrected chi connectivity index (χ1v) is 6.87. The van der Waals surface area contributed by atoms with Crippen molar-refractivity contribution < 1.29 is 14.3 Å². The fraction of sp³-hybridized carbons (Fsp3) is 0.846. The lowest BCUT2D eigenvalue weighted by Crippen LogP contribution is -2.41. The maximum Gasteiger partial charge on any atom is 0.305 e. The van der Waals surface area contributed by atoms with E-state index in [0.29, 0.717) is 32.0 Å². The Morgan fingerprint density at radius 3 is 2.89 bits per heavy atom. The van der Waals surface area contributed by atoms with Gasteiger partial charge in [-0.25, -0.2) is 0 Å². The lowest BCUT2D eigenvalue weighted by Gasteiger charge is -2.20. The average Bonchev–Trinajstić information content (AvgIpc) is 2.86. The molecule has 1 aliphatic heterocycles. The molecule has 1 fully saturated rings. The van der Waals surface area contributed by atoms with Crippen molar-refractivity contribution in [2.24, 2.45) is 0 Å². The first kappa shape index (κ1) is 15.9. The fourth-order valence-corrected chi connectivity index (χ4v) is 2.22. The molecule has 1 rings (SSSR count). The lowest BCUT2D eigenvalue weighted by atomic mass is 10.2. The Morgan fingerprint density at radius 2 is 2.26 bits per heavy atom. The van der Waals surface area contributed by atoms with Crippen molar-refractivity contribution in [1.82, 2.24) is 15.5 Å². The van der Waals surface area contributed by atoms with E-state index in [-0.39, 0.29) is 11.9 Å². The van der Waals surface area contributed by atoms with Gasteiger partial charge >= 0.3 is 5.97 Å². The third kappa shape index (κ3) is 7.12. The largest absolute Gasteiger partial charge is 0.469 e. The summed E-state index contributed by atoms with van der Waals surface area (Å²) >= 11 is 0. The molecule has 19 heavy (non-hydrogen) atoms. The monoisotopic (exact) mass is 271 g/mol. The van der Waals surface area contributed by atoms with Crippen LogP contribution in [-0.2, 0) is 14.3 Å². The Morgan fingerprint density at radius 1 is 1.47 bits per heavy atom. The van der Waals surface area contributed by atoms with Gasteiger partial charge in [-0.2, -0.15) is 0 Å². The third-order valence-electron chi connectivity index (χ3n) is 3.22. The molecule has 0 spiro atoms. The summed E-state index contributed by atoms with van der Waals surface area (Å²) in [5.41, 5.74) is 0. The molecular formula is C13H25N3O3. The molecule has 6 nitrogen and oxygen atoms in total. The van der Waals surface area contributed by atoms with Crippen LogP contribution in [0.2, 0.25) is 0 Å². The van der Waals surface area contributed by atoms with Crippen LogP contribution < -0.4 is 10.6 Å². The number of esters is 1. The van der Waals surface area contributed by atoms with Crippen LogP contribution in [0.1, 0.15) is 25.7 Å². The van der Waals surface area contributed by atoms with Crippen LogP contribution in [0.4, 0.5) is 0 Å². The van der Waals surface area contributed by atoms with Crippen LogP contribution >= 0.6 is 0 Å². The van der Waals surface area contributed by atoms with E-state index in [1.165, 1.54) is 20.0 Å². The van der Waals surface area contributed by atoms with Gasteiger partial charge in [0, 0.05) is 25.6 Å². The number of amides is 1. The standard InChI is InChI=1S/C13H25N3O3/c1-16(9-11-5-3-7-14-11)10-12(17)15-8-4-6-13(18)19-2/h11,14H,3-10H2,1-2H3,(H,15,17). The molecule has 1 atom stereocenters. The number of hydrogen-bond acceptors (Lipinski definition) is 5. The van der Waals surface area contributed by atoms with E-state index in [9.17, 15) is 9.59 Å². The van der Waals surface area contributed by atoms with Crippen LogP contribution in [0.15, 0.2) is 0 Å². The van der Waals surface area contributed by atoms with Crippen molar-refractivity contribution in [3.63, 3.8) is 0 Å². The van der Waals surface area contributed by atoms with Crippen LogP contribution in [0.5, 0.6) is 0 Å². The molecule has 0 bridgehead atoms. The molecule has 1 unspecified atom stereocenters. The molecule has 0 aromatic carbocycles. The molecule has 6 heteroatoms. The number of rotatable bonds is 8. The van der Waals surface area contributed by atoms with Crippen LogP contribution in [-0.4, -0.2) is 63.2 Å². The maximum atomic E-state index is 11.7. The summed E-state index contributed by atoms with van der Waals surface area (Å²) in [6.07, 6.45) is 3.37. The zero-order valence-electron chi connectivity index (χ0n) is 11.9. The maximum absolute atomic E-state index is 11.7. The molecule has 1 aliphatic rings. The van der Waals surface area contributed by atoms with Gasteiger partial charge in [-0.05, 0) is 32.9 Å². The highest BCUT2D eigenvalue weighted by Crippen LogP contribution is 2.05. The molecular weight excluding hydrogens is 246 g/mol. The van der Waals surface area contributed by atoms with E-state index in [1.54, 1.807) is 0 Å². The van der Waals surface area contributed by atoms with E-state index in [1.807, 2.05) is 11.9 Å². The highest BCUT2D eigenvalue weighted by atomic mass is 16.5. The third-order valence-corrected chi connectivity index (χ3v) is 3.22. The van der Waals surface area contributed by atoms with Crippen molar-refractivity contribution in [1.29, 1.82) is 0 Å². The summed E-state index contributed by atoms with van der Waals surface area (Å²) < 4.78 is 4.53. The zero-order valence-corrected chi connectivity index (χ0v) is 11.9. The van der Waals surface area contributed by atoms with E-state index >= 15 is 0 Å². The summed E-state index contributed by atoms with van der Waals surface area (Å²) in [6, 6.07) is 0.511. The summed E-state index contributed by atoms with van der Waals surface area (Å²) in [5.74, 6) is -0.232. The Bertz CT molecular complexity index is 291. The van der Waals surface area contributed by atoms with Gasteiger partial charge in [0.2, 0.25) is 5.91 Å². The quantitative estimate of drug-likeness (QED) is 0.470. The molecule has 110 valence electrons. The summed E-state index contributed by atoms with van der Waals surface area (Å²) in [5, 5.41) is 6.22. The molecule has 0 saturated carbocycles. The number of methoxy groups -OCH3 is 1. The zero-order chi connectivity index (χ0) is 14.1. The number of carbonyl (C=O) groups is 2. The van der Waals surface area contributed by atoms with Crippen molar-refractivity contribution in [3.05, 3.63) is 0 Å². The van der Waals surface area contributed by atoms with Gasteiger partial charge in [0.05, 0.1) is 13.7 Å². The topological polar surface area (TPSA) is 70.7 Å². The summed E-state index contributed by atoms with van der Waals surface area (Å²) in [7, 11) is 3.32. The van der Waals surface area contributed by atoms with E-state index in [0.717, 1.165) is 13.1 Å². The number of nitrogens with zero attached hydrogens (tertiary/aromatic N) is 1. The second-order valence-corrected chi connectivity index (χ2v) is 5.02. The first-order chi connectivity index (χ1) is 9.11. The van der Waals surface area contributed by atoms with Gasteiger partial charge in [0.15, 0.2) is 0 Å². The van der Waals surface area contributed by atoms with Crippen LogP contribution in [0, 0.1) is 0 Å². The number of hydrogen-bond donors (Lipinski definition) is 2. The van der Waals surface area contributed by atoms with Crippen molar-refractivity contribution >= 4 is 11.9 Å². The van der Waals surface area contributed by atoms with Gasteiger partial charge < -0.3 is 15.4 Å². The SMILES string of the molecule is COC(=O)CCCNC(=O)CN(C)CC1CCCN1.